The minimum absolute atomic E-state index is 0.209. The number of sulfonamides is 1. The summed E-state index contributed by atoms with van der Waals surface area (Å²) >= 11 is 11.9. The number of nitrogens with one attached hydrogen (secondary N) is 1. The van der Waals surface area contributed by atoms with E-state index in [0.29, 0.717) is 15.7 Å². The summed E-state index contributed by atoms with van der Waals surface area (Å²) in [6, 6.07) is 12.5. The topological polar surface area (TPSA) is 66.5 Å². The molecule has 1 N–H and O–H groups in total. The van der Waals surface area contributed by atoms with Gasteiger partial charge in [0, 0.05) is 16.6 Å². The summed E-state index contributed by atoms with van der Waals surface area (Å²) < 4.78 is 25.4. The standard InChI is InChI=1S/C17H18Cl2N2O3S/c1-12(17(22)20-11-13-5-3-4-6-16(13)19)21(25(2,23)24)15-9-7-14(18)8-10-15/h3-10,12H,11H2,1-2H3,(H,20,22)/t12-/m0/s1. The fourth-order valence-corrected chi connectivity index (χ4v) is 3.87. The van der Waals surface area contributed by atoms with Crippen LogP contribution >= 0.6 is 23.2 Å². The van der Waals surface area contributed by atoms with E-state index in [-0.39, 0.29) is 6.54 Å². The van der Waals surface area contributed by atoms with Crippen molar-refractivity contribution in [3.8, 4) is 0 Å². The van der Waals surface area contributed by atoms with Crippen LogP contribution in [0.3, 0.4) is 0 Å². The number of nitrogens with zero attached hydrogens (tertiary/aromatic N) is 1. The van der Waals surface area contributed by atoms with Crippen LogP contribution in [0.25, 0.3) is 0 Å². The number of carbonyl (C=O) groups excluding carboxylic acids is 1. The molecule has 2 aromatic carbocycles. The number of rotatable bonds is 6. The van der Waals surface area contributed by atoms with E-state index in [9.17, 15) is 13.2 Å². The van der Waals surface area contributed by atoms with Crippen molar-refractivity contribution in [2.24, 2.45) is 0 Å². The van der Waals surface area contributed by atoms with E-state index in [2.05, 4.69) is 5.32 Å². The van der Waals surface area contributed by atoms with E-state index >= 15 is 0 Å². The minimum atomic E-state index is -3.66. The number of hydrogen-bond acceptors (Lipinski definition) is 3. The highest BCUT2D eigenvalue weighted by molar-refractivity contribution is 7.92. The van der Waals surface area contributed by atoms with Gasteiger partial charge in [-0.3, -0.25) is 9.10 Å². The summed E-state index contributed by atoms with van der Waals surface area (Å²) in [4.78, 5) is 12.5. The zero-order valence-electron chi connectivity index (χ0n) is 13.7. The van der Waals surface area contributed by atoms with Crippen molar-refractivity contribution in [2.75, 3.05) is 10.6 Å². The van der Waals surface area contributed by atoms with Gasteiger partial charge < -0.3 is 5.32 Å². The van der Waals surface area contributed by atoms with Crippen molar-refractivity contribution in [1.82, 2.24) is 5.32 Å². The van der Waals surface area contributed by atoms with Gasteiger partial charge in [0.25, 0.3) is 0 Å². The summed E-state index contributed by atoms with van der Waals surface area (Å²) in [7, 11) is -3.66. The van der Waals surface area contributed by atoms with Crippen LogP contribution in [0.5, 0.6) is 0 Å². The molecule has 0 aliphatic carbocycles. The van der Waals surface area contributed by atoms with Gasteiger partial charge in [-0.05, 0) is 42.8 Å². The number of amides is 1. The maximum absolute atomic E-state index is 12.5. The molecule has 2 aromatic rings. The van der Waals surface area contributed by atoms with Crippen LogP contribution in [0.4, 0.5) is 5.69 Å². The van der Waals surface area contributed by atoms with Gasteiger partial charge >= 0.3 is 0 Å². The first kappa shape index (κ1) is 19.6. The Morgan fingerprint density at radius 2 is 1.72 bits per heavy atom. The Balaban J connectivity index is 2.18. The van der Waals surface area contributed by atoms with Crippen molar-refractivity contribution in [3.05, 3.63) is 64.1 Å². The molecule has 25 heavy (non-hydrogen) atoms. The van der Waals surface area contributed by atoms with Crippen molar-refractivity contribution >= 4 is 44.8 Å². The zero-order chi connectivity index (χ0) is 18.6. The zero-order valence-corrected chi connectivity index (χ0v) is 16.1. The van der Waals surface area contributed by atoms with Crippen LogP contribution in [-0.2, 0) is 21.4 Å². The van der Waals surface area contributed by atoms with Gasteiger partial charge in [-0.1, -0.05) is 41.4 Å². The average molecular weight is 401 g/mol. The van der Waals surface area contributed by atoms with Crippen molar-refractivity contribution in [3.63, 3.8) is 0 Å². The van der Waals surface area contributed by atoms with E-state index < -0.39 is 22.0 Å². The maximum Gasteiger partial charge on any atom is 0.243 e. The van der Waals surface area contributed by atoms with Gasteiger partial charge in [-0.2, -0.15) is 0 Å². The van der Waals surface area contributed by atoms with Crippen LogP contribution in [-0.4, -0.2) is 26.6 Å². The van der Waals surface area contributed by atoms with Crippen LogP contribution in [0.1, 0.15) is 12.5 Å². The van der Waals surface area contributed by atoms with E-state index in [1.165, 1.54) is 6.92 Å². The highest BCUT2D eigenvalue weighted by Gasteiger charge is 2.28. The van der Waals surface area contributed by atoms with E-state index in [4.69, 9.17) is 23.2 Å². The Hall–Kier alpha value is -1.76. The molecule has 0 fully saturated rings. The number of halogens is 2. The van der Waals surface area contributed by atoms with Gasteiger partial charge in [0.2, 0.25) is 15.9 Å². The third-order valence-corrected chi connectivity index (χ3v) is 5.44. The molecule has 8 heteroatoms. The number of anilines is 1. The highest BCUT2D eigenvalue weighted by Crippen LogP contribution is 2.23. The largest absolute Gasteiger partial charge is 0.350 e. The molecule has 0 radical (unpaired) electrons. The molecule has 0 unspecified atom stereocenters. The number of hydrogen-bond donors (Lipinski definition) is 1. The van der Waals surface area contributed by atoms with E-state index in [0.717, 1.165) is 16.1 Å². The summed E-state index contributed by atoms with van der Waals surface area (Å²) in [5.41, 5.74) is 1.12. The maximum atomic E-state index is 12.5. The number of benzene rings is 2. The lowest BCUT2D eigenvalue weighted by Gasteiger charge is -2.28. The second kappa shape index (κ2) is 8.08. The first-order valence-corrected chi connectivity index (χ1v) is 10.1. The monoisotopic (exact) mass is 400 g/mol. The van der Waals surface area contributed by atoms with Crippen LogP contribution in [0, 0.1) is 0 Å². The molecule has 2 rings (SSSR count). The normalized spacial score (nSPS) is 12.5. The second-order valence-electron chi connectivity index (χ2n) is 5.52. The molecule has 0 spiro atoms. The average Bonchev–Trinajstić information content (AvgIpc) is 2.54. The van der Waals surface area contributed by atoms with Crippen molar-refractivity contribution in [2.45, 2.75) is 19.5 Å². The molecule has 0 aliphatic heterocycles. The third-order valence-electron chi connectivity index (χ3n) is 3.58. The molecule has 0 aliphatic rings. The predicted octanol–water partition coefficient (Wildman–Crippen LogP) is 3.46. The number of carbonyl (C=O) groups is 1. The van der Waals surface area contributed by atoms with Gasteiger partial charge in [0.15, 0.2) is 0 Å². The Labute approximate surface area is 157 Å². The summed E-state index contributed by atoms with van der Waals surface area (Å²) in [5, 5.41) is 3.73. The van der Waals surface area contributed by atoms with Crippen molar-refractivity contribution < 1.29 is 13.2 Å². The van der Waals surface area contributed by atoms with Crippen LogP contribution < -0.4 is 9.62 Å². The first-order chi connectivity index (χ1) is 11.7. The predicted molar refractivity (Wildman–Crippen MR) is 102 cm³/mol. The van der Waals surface area contributed by atoms with Crippen molar-refractivity contribution in [1.29, 1.82) is 0 Å². The SMILES string of the molecule is C[C@@H](C(=O)NCc1ccccc1Cl)N(c1ccc(Cl)cc1)S(C)(=O)=O. The Morgan fingerprint density at radius 1 is 1.12 bits per heavy atom. The van der Waals surface area contributed by atoms with Gasteiger partial charge in [-0.15, -0.1) is 0 Å². The van der Waals surface area contributed by atoms with Crippen LogP contribution in [0.2, 0.25) is 10.0 Å². The molecule has 5 nitrogen and oxygen atoms in total. The Morgan fingerprint density at radius 3 is 2.28 bits per heavy atom. The van der Waals surface area contributed by atoms with Gasteiger partial charge in [0.05, 0.1) is 11.9 Å². The molecular weight excluding hydrogens is 383 g/mol. The molecule has 0 saturated heterocycles. The molecule has 1 amide bonds. The molecule has 0 heterocycles. The lowest BCUT2D eigenvalue weighted by molar-refractivity contribution is -0.122. The van der Waals surface area contributed by atoms with Crippen LogP contribution in [0.15, 0.2) is 48.5 Å². The lowest BCUT2D eigenvalue weighted by atomic mass is 10.2. The fraction of sp³-hybridized carbons (Fsp3) is 0.235. The molecule has 0 saturated carbocycles. The Bertz CT molecular complexity index is 854. The Kier molecular flexibility index (Phi) is 6.32. The molecular formula is C17H18Cl2N2O3S. The lowest BCUT2D eigenvalue weighted by Crippen LogP contribution is -2.47. The summed E-state index contributed by atoms with van der Waals surface area (Å²) in [6.07, 6.45) is 1.06. The third kappa shape index (κ3) is 5.11. The molecule has 0 aromatic heterocycles. The quantitative estimate of drug-likeness (QED) is 0.806. The summed E-state index contributed by atoms with van der Waals surface area (Å²) in [5.74, 6) is -0.430. The highest BCUT2D eigenvalue weighted by atomic mass is 35.5. The van der Waals surface area contributed by atoms with Gasteiger partial charge in [0.1, 0.15) is 6.04 Å². The molecule has 134 valence electrons. The molecule has 0 bridgehead atoms. The minimum Gasteiger partial charge on any atom is -0.350 e. The summed E-state index contributed by atoms with van der Waals surface area (Å²) in [6.45, 7) is 1.73. The smallest absolute Gasteiger partial charge is 0.243 e. The molecule has 1 atom stereocenters. The van der Waals surface area contributed by atoms with Gasteiger partial charge in [-0.25, -0.2) is 8.42 Å². The fourth-order valence-electron chi connectivity index (χ4n) is 2.37. The second-order valence-corrected chi connectivity index (χ2v) is 8.22. The first-order valence-electron chi connectivity index (χ1n) is 7.46. The van der Waals surface area contributed by atoms with E-state index in [1.807, 2.05) is 6.07 Å². The van der Waals surface area contributed by atoms with E-state index in [1.54, 1.807) is 42.5 Å².